The lowest BCUT2D eigenvalue weighted by Gasteiger charge is -2.06. The third kappa shape index (κ3) is 1.40. The molecule has 76 valence electrons. The molecule has 0 saturated heterocycles. The number of aliphatic hydroxyl groups is 1. The Morgan fingerprint density at radius 2 is 2.13 bits per heavy atom. The summed E-state index contributed by atoms with van der Waals surface area (Å²) < 4.78 is 1.28. The van der Waals surface area contributed by atoms with Crippen molar-refractivity contribution in [1.29, 1.82) is 0 Å². The molecular weight excluding hydrogens is 192 g/mol. The van der Waals surface area contributed by atoms with Crippen LogP contribution in [-0.4, -0.2) is 14.7 Å². The number of benzene rings is 1. The van der Waals surface area contributed by atoms with E-state index in [0.29, 0.717) is 10.9 Å². The number of aromatic nitrogens is 2. The molecule has 15 heavy (non-hydrogen) atoms. The van der Waals surface area contributed by atoms with Gasteiger partial charge in [-0.15, -0.1) is 0 Å². The van der Waals surface area contributed by atoms with E-state index >= 15 is 0 Å². The van der Waals surface area contributed by atoms with Gasteiger partial charge in [-0.1, -0.05) is 18.7 Å². The summed E-state index contributed by atoms with van der Waals surface area (Å²) in [6.07, 6.45) is 0. The Kier molecular flexibility index (Phi) is 2.04. The molecule has 0 aliphatic carbocycles. The van der Waals surface area contributed by atoms with Crippen LogP contribution < -0.4 is 5.56 Å². The SMILES string of the molecule is C=C(O)c1nc2ccccc2c(=O)n1C. The van der Waals surface area contributed by atoms with Crippen molar-refractivity contribution in [3.8, 4) is 0 Å². The third-order valence-electron chi connectivity index (χ3n) is 2.24. The maximum absolute atomic E-state index is 11.8. The average molecular weight is 202 g/mol. The van der Waals surface area contributed by atoms with Crippen LogP contribution >= 0.6 is 0 Å². The molecule has 0 saturated carbocycles. The third-order valence-corrected chi connectivity index (χ3v) is 2.24. The molecule has 0 aliphatic rings. The van der Waals surface area contributed by atoms with Crippen molar-refractivity contribution in [2.24, 2.45) is 7.05 Å². The van der Waals surface area contributed by atoms with Crippen LogP contribution in [0, 0.1) is 0 Å². The van der Waals surface area contributed by atoms with Crippen molar-refractivity contribution < 1.29 is 5.11 Å². The fourth-order valence-electron chi connectivity index (χ4n) is 1.48. The highest BCUT2D eigenvalue weighted by Crippen LogP contribution is 2.10. The highest BCUT2D eigenvalue weighted by atomic mass is 16.3. The summed E-state index contributed by atoms with van der Waals surface area (Å²) >= 11 is 0. The van der Waals surface area contributed by atoms with Crippen molar-refractivity contribution in [3.63, 3.8) is 0 Å². The fraction of sp³-hybridized carbons (Fsp3) is 0.0909. The van der Waals surface area contributed by atoms with Gasteiger partial charge in [-0.3, -0.25) is 9.36 Å². The summed E-state index contributed by atoms with van der Waals surface area (Å²) in [6.45, 7) is 3.37. The van der Waals surface area contributed by atoms with Crippen molar-refractivity contribution in [1.82, 2.24) is 9.55 Å². The standard InChI is InChI=1S/C11H10N2O2/c1-7(14)10-12-9-6-4-3-5-8(9)11(15)13(10)2/h3-6,14H,1H2,2H3. The van der Waals surface area contributed by atoms with E-state index in [4.69, 9.17) is 0 Å². The molecule has 0 radical (unpaired) electrons. The second kappa shape index (κ2) is 3.24. The van der Waals surface area contributed by atoms with Gasteiger partial charge >= 0.3 is 0 Å². The Bertz CT molecular complexity index is 599. The van der Waals surface area contributed by atoms with Gasteiger partial charge in [-0.2, -0.15) is 0 Å². The molecule has 0 bridgehead atoms. The minimum atomic E-state index is -0.208. The summed E-state index contributed by atoms with van der Waals surface area (Å²) in [5.74, 6) is -0.0148. The maximum atomic E-state index is 11.8. The molecule has 1 aromatic heterocycles. The normalized spacial score (nSPS) is 10.5. The number of rotatable bonds is 1. The van der Waals surface area contributed by atoms with E-state index < -0.39 is 0 Å². The summed E-state index contributed by atoms with van der Waals surface area (Å²) in [7, 11) is 1.55. The quantitative estimate of drug-likeness (QED) is 0.712. The van der Waals surface area contributed by atoms with Gasteiger partial charge in [-0.25, -0.2) is 4.98 Å². The zero-order valence-electron chi connectivity index (χ0n) is 8.27. The first-order valence-corrected chi connectivity index (χ1v) is 4.45. The smallest absolute Gasteiger partial charge is 0.261 e. The van der Waals surface area contributed by atoms with Crippen molar-refractivity contribution in [3.05, 3.63) is 47.0 Å². The van der Waals surface area contributed by atoms with Crippen molar-refractivity contribution >= 4 is 16.7 Å². The van der Waals surface area contributed by atoms with Crippen LogP contribution in [0.3, 0.4) is 0 Å². The van der Waals surface area contributed by atoms with E-state index in [1.165, 1.54) is 4.57 Å². The van der Waals surface area contributed by atoms with Gasteiger partial charge in [0.2, 0.25) is 0 Å². The monoisotopic (exact) mass is 202 g/mol. The molecule has 0 spiro atoms. The first-order chi connectivity index (χ1) is 7.11. The average Bonchev–Trinajstić information content (AvgIpc) is 2.23. The van der Waals surface area contributed by atoms with Crippen LogP contribution in [-0.2, 0) is 7.05 Å². The molecule has 1 aromatic carbocycles. The van der Waals surface area contributed by atoms with Crippen LogP contribution in [0.25, 0.3) is 16.7 Å². The predicted octanol–water partition coefficient (Wildman–Crippen LogP) is 1.46. The van der Waals surface area contributed by atoms with Gasteiger partial charge < -0.3 is 5.11 Å². The summed E-state index contributed by atoms with van der Waals surface area (Å²) in [6, 6.07) is 7.00. The summed E-state index contributed by atoms with van der Waals surface area (Å²) in [5.41, 5.74) is 0.372. The van der Waals surface area contributed by atoms with E-state index in [2.05, 4.69) is 11.6 Å². The van der Waals surface area contributed by atoms with Gasteiger partial charge in [0.15, 0.2) is 11.6 Å². The molecule has 4 nitrogen and oxygen atoms in total. The molecule has 0 atom stereocenters. The lowest BCUT2D eigenvalue weighted by molar-refractivity contribution is 0.500. The molecule has 0 aliphatic heterocycles. The van der Waals surface area contributed by atoms with Crippen LogP contribution in [0.5, 0.6) is 0 Å². The van der Waals surface area contributed by atoms with E-state index in [-0.39, 0.29) is 17.1 Å². The van der Waals surface area contributed by atoms with Crippen molar-refractivity contribution in [2.45, 2.75) is 0 Å². The largest absolute Gasteiger partial charge is 0.505 e. The molecule has 0 amide bonds. The fourth-order valence-corrected chi connectivity index (χ4v) is 1.48. The van der Waals surface area contributed by atoms with E-state index in [1.54, 1.807) is 31.3 Å². The molecule has 1 N–H and O–H groups in total. The van der Waals surface area contributed by atoms with Crippen molar-refractivity contribution in [2.75, 3.05) is 0 Å². The minimum Gasteiger partial charge on any atom is -0.505 e. The number of nitrogens with zero attached hydrogens (tertiary/aromatic N) is 2. The Labute approximate surface area is 86.1 Å². The Hall–Kier alpha value is -2.10. The van der Waals surface area contributed by atoms with E-state index in [9.17, 15) is 9.90 Å². The topological polar surface area (TPSA) is 55.1 Å². The van der Waals surface area contributed by atoms with Crippen LogP contribution in [0.4, 0.5) is 0 Å². The second-order valence-electron chi connectivity index (χ2n) is 3.26. The van der Waals surface area contributed by atoms with Gasteiger partial charge in [0.25, 0.3) is 5.56 Å². The zero-order valence-corrected chi connectivity index (χ0v) is 8.27. The van der Waals surface area contributed by atoms with Gasteiger partial charge in [0, 0.05) is 7.05 Å². The number of aliphatic hydroxyl groups excluding tert-OH is 1. The zero-order chi connectivity index (χ0) is 11.0. The van der Waals surface area contributed by atoms with Gasteiger partial charge in [0.05, 0.1) is 10.9 Å². The number of fused-ring (bicyclic) bond motifs is 1. The highest BCUT2D eigenvalue weighted by molar-refractivity contribution is 5.78. The first kappa shape index (κ1) is 9.45. The van der Waals surface area contributed by atoms with Crippen LogP contribution in [0.2, 0.25) is 0 Å². The maximum Gasteiger partial charge on any atom is 0.261 e. The second-order valence-corrected chi connectivity index (χ2v) is 3.26. The Balaban J connectivity index is 2.95. The van der Waals surface area contributed by atoms with Gasteiger partial charge in [0.1, 0.15) is 0 Å². The Morgan fingerprint density at radius 3 is 2.80 bits per heavy atom. The summed E-state index contributed by atoms with van der Waals surface area (Å²) in [4.78, 5) is 16.0. The summed E-state index contributed by atoms with van der Waals surface area (Å²) in [5, 5.41) is 9.80. The highest BCUT2D eigenvalue weighted by Gasteiger charge is 2.08. The molecule has 1 heterocycles. The van der Waals surface area contributed by atoms with E-state index in [0.717, 1.165) is 0 Å². The molecule has 2 rings (SSSR count). The predicted molar refractivity (Wildman–Crippen MR) is 58.6 cm³/mol. The van der Waals surface area contributed by atoms with E-state index in [1.807, 2.05) is 0 Å². The number of para-hydroxylation sites is 1. The molecule has 2 aromatic rings. The minimum absolute atomic E-state index is 0.189. The number of hydrogen-bond donors (Lipinski definition) is 1. The molecule has 4 heteroatoms. The van der Waals surface area contributed by atoms with Gasteiger partial charge in [-0.05, 0) is 12.1 Å². The number of hydrogen-bond acceptors (Lipinski definition) is 3. The van der Waals surface area contributed by atoms with Crippen LogP contribution in [0.1, 0.15) is 5.82 Å². The Morgan fingerprint density at radius 1 is 1.47 bits per heavy atom. The molecule has 0 fully saturated rings. The lowest BCUT2D eigenvalue weighted by atomic mass is 10.2. The van der Waals surface area contributed by atoms with Crippen LogP contribution in [0.15, 0.2) is 35.6 Å². The lowest BCUT2D eigenvalue weighted by Crippen LogP contribution is -2.21. The molecular formula is C11H10N2O2. The first-order valence-electron chi connectivity index (χ1n) is 4.45. The molecule has 0 unspecified atom stereocenters.